The molecule has 4 aliphatic rings. The molecule has 0 radical (unpaired) electrons. The molecule has 0 bridgehead atoms. The quantitative estimate of drug-likeness (QED) is 0.716. The molecule has 3 aliphatic heterocycles. The Morgan fingerprint density at radius 3 is 2.53 bits per heavy atom. The molecular weight excluding hydrogens is 404 g/mol. The maximum Gasteiger partial charge on any atom is 0.325 e. The second kappa shape index (κ2) is 8.50. The van der Waals surface area contributed by atoms with Crippen molar-refractivity contribution < 1.29 is 14.4 Å². The summed E-state index contributed by atoms with van der Waals surface area (Å²) < 4.78 is 0. The molecule has 0 unspecified atom stereocenters. The van der Waals surface area contributed by atoms with E-state index >= 15 is 0 Å². The van der Waals surface area contributed by atoms with Crippen molar-refractivity contribution in [1.29, 1.82) is 0 Å². The zero-order valence-electron chi connectivity index (χ0n) is 19.0. The van der Waals surface area contributed by atoms with Crippen molar-refractivity contribution in [3.05, 3.63) is 35.9 Å². The Hall–Kier alpha value is -2.41. The molecule has 1 spiro atoms. The van der Waals surface area contributed by atoms with E-state index < -0.39 is 5.54 Å². The Morgan fingerprint density at radius 1 is 1.12 bits per heavy atom. The lowest BCUT2D eigenvalue weighted by atomic mass is 9.87. The molecule has 4 fully saturated rings. The van der Waals surface area contributed by atoms with Crippen molar-refractivity contribution in [2.75, 3.05) is 32.7 Å². The highest BCUT2D eigenvalue weighted by Gasteiger charge is 2.54. The Kier molecular flexibility index (Phi) is 5.70. The maximum atomic E-state index is 13.5. The van der Waals surface area contributed by atoms with Crippen LogP contribution in [0.1, 0.15) is 44.6 Å². The predicted molar refractivity (Wildman–Crippen MR) is 121 cm³/mol. The van der Waals surface area contributed by atoms with E-state index in [9.17, 15) is 14.4 Å². The van der Waals surface area contributed by atoms with Crippen molar-refractivity contribution in [1.82, 2.24) is 20.0 Å². The largest absolute Gasteiger partial charge is 0.340 e. The number of rotatable bonds is 5. The summed E-state index contributed by atoms with van der Waals surface area (Å²) in [7, 11) is 0. The van der Waals surface area contributed by atoms with Crippen LogP contribution < -0.4 is 5.32 Å². The van der Waals surface area contributed by atoms with Crippen LogP contribution in [0, 0.1) is 11.8 Å². The molecular formula is C25H34N4O3. The van der Waals surface area contributed by atoms with Gasteiger partial charge in [0.15, 0.2) is 0 Å². The Labute approximate surface area is 190 Å². The summed E-state index contributed by atoms with van der Waals surface area (Å²) >= 11 is 0. The van der Waals surface area contributed by atoms with Gasteiger partial charge in [-0.15, -0.1) is 0 Å². The molecule has 1 saturated carbocycles. The van der Waals surface area contributed by atoms with Crippen LogP contribution in [0.2, 0.25) is 0 Å². The Morgan fingerprint density at radius 2 is 1.84 bits per heavy atom. The molecule has 1 N–H and O–H groups in total. The van der Waals surface area contributed by atoms with Gasteiger partial charge in [-0.3, -0.25) is 14.5 Å². The number of hydrogen-bond acceptors (Lipinski definition) is 4. The summed E-state index contributed by atoms with van der Waals surface area (Å²) in [6.45, 7) is 5.91. The van der Waals surface area contributed by atoms with Gasteiger partial charge in [0, 0.05) is 38.6 Å². The van der Waals surface area contributed by atoms with Gasteiger partial charge >= 0.3 is 6.03 Å². The zero-order valence-corrected chi connectivity index (χ0v) is 19.0. The number of likely N-dealkylation sites (tertiary alicyclic amines) is 2. The molecule has 3 heterocycles. The smallest absolute Gasteiger partial charge is 0.325 e. The third-order valence-electron chi connectivity index (χ3n) is 7.96. The van der Waals surface area contributed by atoms with Gasteiger partial charge < -0.3 is 15.1 Å². The van der Waals surface area contributed by atoms with E-state index in [4.69, 9.17) is 0 Å². The number of carbonyl (C=O) groups is 3. The van der Waals surface area contributed by atoms with Crippen LogP contribution in [0.4, 0.5) is 4.79 Å². The first-order valence-electron chi connectivity index (χ1n) is 12.2. The van der Waals surface area contributed by atoms with Gasteiger partial charge in [-0.25, -0.2) is 4.79 Å². The minimum Gasteiger partial charge on any atom is -0.340 e. The molecule has 7 nitrogen and oxygen atoms in total. The van der Waals surface area contributed by atoms with E-state index in [0.29, 0.717) is 25.3 Å². The van der Waals surface area contributed by atoms with Gasteiger partial charge in [-0.2, -0.15) is 0 Å². The summed E-state index contributed by atoms with van der Waals surface area (Å²) in [6.07, 6.45) is 4.88. The van der Waals surface area contributed by atoms with E-state index in [1.165, 1.54) is 10.5 Å². The predicted octanol–water partition coefficient (Wildman–Crippen LogP) is 2.26. The van der Waals surface area contributed by atoms with E-state index in [1.807, 2.05) is 11.0 Å². The molecule has 1 aliphatic carbocycles. The number of nitrogens with zero attached hydrogens (tertiary/aromatic N) is 3. The van der Waals surface area contributed by atoms with E-state index in [1.54, 1.807) is 0 Å². The minimum atomic E-state index is -0.766. The average molecular weight is 439 g/mol. The van der Waals surface area contributed by atoms with Gasteiger partial charge in [0.2, 0.25) is 5.91 Å². The number of nitrogens with one attached hydrogen (secondary N) is 1. The molecule has 1 aromatic rings. The van der Waals surface area contributed by atoms with Crippen LogP contribution in [0.25, 0.3) is 0 Å². The molecule has 7 heteroatoms. The highest BCUT2D eigenvalue weighted by molar-refractivity contribution is 6.07. The third-order valence-corrected chi connectivity index (χ3v) is 7.96. The molecule has 32 heavy (non-hydrogen) atoms. The summed E-state index contributed by atoms with van der Waals surface area (Å²) in [5, 5.41) is 3.05. The van der Waals surface area contributed by atoms with E-state index in [0.717, 1.165) is 51.9 Å². The van der Waals surface area contributed by atoms with Crippen LogP contribution >= 0.6 is 0 Å². The van der Waals surface area contributed by atoms with Gasteiger partial charge in [-0.1, -0.05) is 37.3 Å². The summed E-state index contributed by atoms with van der Waals surface area (Å²) in [5.74, 6) is 0.735. The lowest BCUT2D eigenvalue weighted by Crippen LogP contribution is -2.56. The number of hydrogen-bond donors (Lipinski definition) is 1. The highest BCUT2D eigenvalue weighted by atomic mass is 16.2. The van der Waals surface area contributed by atoms with Gasteiger partial charge in [-0.05, 0) is 50.0 Å². The lowest BCUT2D eigenvalue weighted by Gasteiger charge is -2.39. The molecule has 5 rings (SSSR count). The van der Waals surface area contributed by atoms with Crippen molar-refractivity contribution in [2.45, 2.75) is 57.0 Å². The van der Waals surface area contributed by atoms with Crippen LogP contribution in [-0.4, -0.2) is 76.8 Å². The van der Waals surface area contributed by atoms with Crippen molar-refractivity contribution in [3.8, 4) is 0 Å². The van der Waals surface area contributed by atoms with Crippen LogP contribution in [-0.2, 0) is 16.0 Å². The van der Waals surface area contributed by atoms with Gasteiger partial charge in [0.05, 0.1) is 6.04 Å². The zero-order chi connectivity index (χ0) is 22.3. The van der Waals surface area contributed by atoms with Gasteiger partial charge in [0.25, 0.3) is 5.91 Å². The topological polar surface area (TPSA) is 73.0 Å². The summed E-state index contributed by atoms with van der Waals surface area (Å²) in [6, 6.07) is 9.97. The van der Waals surface area contributed by atoms with Crippen molar-refractivity contribution >= 4 is 17.8 Å². The summed E-state index contributed by atoms with van der Waals surface area (Å²) in [5.41, 5.74) is 0.554. The monoisotopic (exact) mass is 438 g/mol. The van der Waals surface area contributed by atoms with Crippen molar-refractivity contribution in [2.24, 2.45) is 11.8 Å². The fourth-order valence-corrected chi connectivity index (χ4v) is 5.67. The van der Waals surface area contributed by atoms with Crippen molar-refractivity contribution in [3.63, 3.8) is 0 Å². The average Bonchev–Trinajstić information content (AvgIpc) is 3.49. The molecule has 3 atom stereocenters. The highest BCUT2D eigenvalue weighted by Crippen LogP contribution is 2.40. The maximum absolute atomic E-state index is 13.5. The van der Waals surface area contributed by atoms with Crippen LogP contribution in [0.3, 0.4) is 0 Å². The van der Waals surface area contributed by atoms with E-state index in [2.05, 4.69) is 41.4 Å². The first-order chi connectivity index (χ1) is 15.5. The molecule has 0 aromatic heterocycles. The Balaban J connectivity index is 1.18. The van der Waals surface area contributed by atoms with E-state index in [-0.39, 0.29) is 29.8 Å². The molecule has 3 saturated heterocycles. The second-order valence-corrected chi connectivity index (χ2v) is 10.2. The minimum absolute atomic E-state index is 0.0794. The third kappa shape index (κ3) is 4.03. The number of imide groups is 1. The normalized spacial score (nSPS) is 30.0. The first kappa shape index (κ1) is 21.4. The Bertz CT molecular complexity index is 880. The van der Waals surface area contributed by atoms with Crippen LogP contribution in [0.15, 0.2) is 30.3 Å². The molecule has 172 valence electrons. The number of amides is 4. The van der Waals surface area contributed by atoms with Gasteiger partial charge in [0.1, 0.15) is 5.54 Å². The number of urea groups is 1. The molecule has 4 amide bonds. The fraction of sp³-hybridized carbons (Fsp3) is 0.640. The molecule has 1 aromatic carbocycles. The second-order valence-electron chi connectivity index (χ2n) is 10.2. The number of benzene rings is 1. The number of carbonyl (C=O) groups excluding carboxylic acids is 3. The standard InChI is InChI=1S/C25H34N4O3/c1-18-16-21(18)22(30)28-12-5-8-20(17-28)29-23(31)25(26-24(29)32)10-14-27(15-11-25)13-9-19-6-3-2-4-7-19/h2-4,6-7,18,20-21H,5,8-17H2,1H3,(H,26,32)/t18-,20+,21+/m1/s1. The SMILES string of the molecule is C[C@@H]1C[C@@H]1C(=O)N1CCC[C@H](N2C(=O)NC3(CCN(CCc4ccccc4)CC3)C2=O)C1. The van der Waals surface area contributed by atoms with Crippen LogP contribution in [0.5, 0.6) is 0 Å². The summed E-state index contributed by atoms with van der Waals surface area (Å²) in [4.78, 5) is 44.8. The number of piperidine rings is 2. The fourth-order valence-electron chi connectivity index (χ4n) is 5.67. The lowest BCUT2D eigenvalue weighted by molar-refractivity contribution is -0.140. The first-order valence-corrected chi connectivity index (χ1v) is 12.2.